The minimum Gasteiger partial charge on any atom is -0.492 e. The Bertz CT molecular complexity index is 854. The zero-order valence-corrected chi connectivity index (χ0v) is 17.8. The topological polar surface area (TPSA) is 87.8 Å². The third kappa shape index (κ3) is 5.33. The van der Waals surface area contributed by atoms with Crippen LogP contribution in [0.25, 0.3) is 11.2 Å². The van der Waals surface area contributed by atoms with Crippen LogP contribution in [0, 0.1) is 0 Å². The van der Waals surface area contributed by atoms with Gasteiger partial charge in [0.25, 0.3) is 0 Å². The molecule has 2 heterocycles. The molecule has 9 heteroatoms. The van der Waals surface area contributed by atoms with Crippen molar-refractivity contribution in [1.82, 2.24) is 25.5 Å². The average Bonchev–Trinajstić information content (AvgIpc) is 3.09. The van der Waals surface area contributed by atoms with E-state index in [1.54, 1.807) is 18.0 Å². The van der Waals surface area contributed by atoms with Crippen LogP contribution in [-0.2, 0) is 6.54 Å². The molecule has 0 spiro atoms. The first-order valence-electron chi connectivity index (χ1n) is 8.82. The number of hydrogen-bond donors (Lipinski definition) is 3. The number of nitrogens with one attached hydrogen (secondary N) is 3. The van der Waals surface area contributed by atoms with Crippen molar-refractivity contribution in [3.8, 4) is 5.75 Å². The molecule has 0 unspecified atom stereocenters. The number of rotatable bonds is 10. The molecule has 3 rings (SSSR count). The van der Waals surface area contributed by atoms with Gasteiger partial charge in [-0.15, -0.1) is 16.9 Å². The van der Waals surface area contributed by atoms with Gasteiger partial charge in [-0.1, -0.05) is 0 Å². The van der Waals surface area contributed by atoms with Crippen LogP contribution in [0.2, 0.25) is 0 Å². The molecule has 0 saturated carbocycles. The number of benzene rings is 1. The fourth-order valence-electron chi connectivity index (χ4n) is 2.67. The van der Waals surface area contributed by atoms with Gasteiger partial charge in [0.1, 0.15) is 5.75 Å². The third-order valence-electron chi connectivity index (χ3n) is 3.93. The summed E-state index contributed by atoms with van der Waals surface area (Å²) in [5.41, 5.74) is 2.67. The van der Waals surface area contributed by atoms with Gasteiger partial charge in [0.2, 0.25) is 11.6 Å². The summed E-state index contributed by atoms with van der Waals surface area (Å²) >= 11 is 5.35. The van der Waals surface area contributed by atoms with Gasteiger partial charge in [-0.3, -0.25) is 0 Å². The number of aromatic nitrogens is 4. The van der Waals surface area contributed by atoms with Crippen LogP contribution in [0.3, 0.4) is 0 Å². The van der Waals surface area contributed by atoms with E-state index in [-0.39, 0.29) is 0 Å². The number of anilines is 1. The number of hydrogen-bond acceptors (Lipinski definition) is 7. The first kappa shape index (κ1) is 19.9. The molecule has 0 radical (unpaired) electrons. The van der Waals surface area contributed by atoms with Crippen molar-refractivity contribution in [3.63, 3.8) is 0 Å². The van der Waals surface area contributed by atoms with Gasteiger partial charge in [-0.05, 0) is 60.3 Å². The molecule has 0 aliphatic rings. The van der Waals surface area contributed by atoms with E-state index < -0.39 is 0 Å². The number of imidazole rings is 1. The van der Waals surface area contributed by atoms with Gasteiger partial charge in [-0.2, -0.15) is 10.1 Å². The minimum absolute atomic E-state index is 0.626. The normalized spacial score (nSPS) is 11.1. The Kier molecular flexibility index (Phi) is 7.31. The summed E-state index contributed by atoms with van der Waals surface area (Å²) in [6, 6.07) is 6.14. The molecular formula is C18H23BrN6OS. The van der Waals surface area contributed by atoms with Crippen LogP contribution in [0.5, 0.6) is 5.75 Å². The lowest BCUT2D eigenvalue weighted by molar-refractivity contribution is 0.333. The lowest BCUT2D eigenvalue weighted by Gasteiger charge is -2.14. The highest BCUT2D eigenvalue weighted by Crippen LogP contribution is 2.33. The van der Waals surface area contributed by atoms with E-state index >= 15 is 0 Å². The summed E-state index contributed by atoms with van der Waals surface area (Å²) in [7, 11) is 0. The van der Waals surface area contributed by atoms with Gasteiger partial charge >= 0.3 is 0 Å². The largest absolute Gasteiger partial charge is 0.492 e. The number of H-pyrrole nitrogens is 1. The van der Waals surface area contributed by atoms with Crippen molar-refractivity contribution in [1.29, 1.82) is 0 Å². The number of fused-ring (bicyclic) bond motifs is 1. The Morgan fingerprint density at radius 1 is 1.30 bits per heavy atom. The van der Waals surface area contributed by atoms with Gasteiger partial charge < -0.3 is 20.4 Å². The van der Waals surface area contributed by atoms with E-state index in [1.165, 1.54) is 10.5 Å². The zero-order chi connectivity index (χ0) is 19.1. The van der Waals surface area contributed by atoms with Crippen molar-refractivity contribution in [2.24, 2.45) is 0 Å². The van der Waals surface area contributed by atoms with Crippen LogP contribution in [-0.4, -0.2) is 46.1 Å². The van der Waals surface area contributed by atoms with Crippen molar-refractivity contribution < 1.29 is 4.74 Å². The molecule has 0 saturated heterocycles. The first-order chi connectivity index (χ1) is 13.2. The van der Waals surface area contributed by atoms with Crippen molar-refractivity contribution in [2.45, 2.75) is 24.8 Å². The molecule has 0 fully saturated rings. The molecular weight excluding hydrogens is 428 g/mol. The molecule has 3 aromatic rings. The van der Waals surface area contributed by atoms with Crippen molar-refractivity contribution >= 4 is 44.8 Å². The molecule has 7 nitrogen and oxygen atoms in total. The van der Waals surface area contributed by atoms with Gasteiger partial charge in [0.15, 0.2) is 0 Å². The van der Waals surface area contributed by atoms with E-state index in [1.807, 2.05) is 13.0 Å². The molecule has 1 aromatic carbocycles. The Morgan fingerprint density at radius 2 is 2.19 bits per heavy atom. The van der Waals surface area contributed by atoms with Crippen LogP contribution in [0.15, 0.2) is 33.8 Å². The first-order valence-corrected chi connectivity index (χ1v) is 10.8. The second kappa shape index (κ2) is 9.91. The highest BCUT2D eigenvalue weighted by molar-refractivity contribution is 9.10. The average molecular weight is 451 g/mol. The summed E-state index contributed by atoms with van der Waals surface area (Å²) in [4.78, 5) is 8.76. The maximum absolute atomic E-state index is 5.80. The van der Waals surface area contributed by atoms with Crippen molar-refractivity contribution in [3.05, 3.63) is 34.4 Å². The van der Waals surface area contributed by atoms with E-state index in [4.69, 9.17) is 4.74 Å². The Balaban J connectivity index is 1.46. The van der Waals surface area contributed by atoms with E-state index in [2.05, 4.69) is 65.1 Å². The standard InChI is InChI=1S/C18H23BrN6OS/c1-3-26-16-12(9-13(27-2)10-14(16)19)11-20-6-4-7-21-18-23-15-5-8-22-25-17(15)24-18/h5,8-10,20H,3-4,6-7,11H2,1-2H3,(H2,21,23,24,25). The molecule has 0 aliphatic carbocycles. The predicted octanol–water partition coefficient (Wildman–Crippen LogP) is 3.83. The summed E-state index contributed by atoms with van der Waals surface area (Å²) in [6.45, 7) is 5.12. The smallest absolute Gasteiger partial charge is 0.202 e. The maximum Gasteiger partial charge on any atom is 0.202 e. The predicted molar refractivity (Wildman–Crippen MR) is 114 cm³/mol. The SMILES string of the molecule is CCOc1c(Br)cc(SC)cc1CNCCCNc1nc2nnccc2[nH]1. The molecule has 0 amide bonds. The highest BCUT2D eigenvalue weighted by atomic mass is 79.9. The summed E-state index contributed by atoms with van der Waals surface area (Å²) in [5.74, 6) is 1.64. The van der Waals surface area contributed by atoms with Crippen LogP contribution in [0.4, 0.5) is 5.95 Å². The second-order valence-electron chi connectivity index (χ2n) is 5.84. The Labute approximate surface area is 171 Å². The van der Waals surface area contributed by atoms with E-state index in [0.717, 1.165) is 47.7 Å². The number of thioether (sulfide) groups is 1. The lowest BCUT2D eigenvalue weighted by atomic mass is 10.2. The molecule has 27 heavy (non-hydrogen) atoms. The Hall–Kier alpha value is -1.84. The summed E-state index contributed by atoms with van der Waals surface area (Å²) in [6.07, 6.45) is 4.69. The summed E-state index contributed by atoms with van der Waals surface area (Å²) < 4.78 is 6.80. The van der Waals surface area contributed by atoms with Crippen LogP contribution >= 0.6 is 27.7 Å². The molecule has 0 atom stereocenters. The highest BCUT2D eigenvalue weighted by Gasteiger charge is 2.10. The summed E-state index contributed by atoms with van der Waals surface area (Å²) in [5, 5.41) is 14.6. The second-order valence-corrected chi connectivity index (χ2v) is 7.58. The van der Waals surface area contributed by atoms with Gasteiger partial charge in [0.05, 0.1) is 22.8 Å². The molecule has 0 bridgehead atoms. The third-order valence-corrected chi connectivity index (χ3v) is 5.22. The maximum atomic E-state index is 5.80. The van der Waals surface area contributed by atoms with Crippen LogP contribution in [0.1, 0.15) is 18.9 Å². The fourth-order valence-corrected chi connectivity index (χ4v) is 3.93. The van der Waals surface area contributed by atoms with Crippen molar-refractivity contribution in [2.75, 3.05) is 31.3 Å². The van der Waals surface area contributed by atoms with E-state index in [9.17, 15) is 0 Å². The fraction of sp³-hybridized carbons (Fsp3) is 0.389. The number of ether oxygens (including phenoxy) is 1. The zero-order valence-electron chi connectivity index (χ0n) is 15.4. The molecule has 144 valence electrons. The molecule has 3 N–H and O–H groups in total. The lowest BCUT2D eigenvalue weighted by Crippen LogP contribution is -2.18. The molecule has 0 aliphatic heterocycles. The van der Waals surface area contributed by atoms with E-state index in [0.29, 0.717) is 12.3 Å². The van der Waals surface area contributed by atoms with Gasteiger partial charge in [0, 0.05) is 23.5 Å². The van der Waals surface area contributed by atoms with Crippen LogP contribution < -0.4 is 15.4 Å². The number of aromatic amines is 1. The Morgan fingerprint density at radius 3 is 2.96 bits per heavy atom. The molecule has 2 aromatic heterocycles. The van der Waals surface area contributed by atoms with Gasteiger partial charge in [-0.25, -0.2) is 0 Å². The quantitative estimate of drug-likeness (QED) is 0.319. The monoisotopic (exact) mass is 450 g/mol. The number of halogens is 1. The number of nitrogens with zero attached hydrogens (tertiary/aromatic N) is 3. The minimum atomic E-state index is 0.626.